The van der Waals surface area contributed by atoms with Gasteiger partial charge in [-0.1, -0.05) is 12.2 Å². The van der Waals surface area contributed by atoms with Gasteiger partial charge in [-0.2, -0.15) is 14.0 Å². The molecule has 1 aliphatic rings. The highest BCUT2D eigenvalue weighted by atomic mass is 19.3. The van der Waals surface area contributed by atoms with Crippen LogP contribution in [0.2, 0.25) is 0 Å². The molecule has 174 valence electrons. The molecule has 0 atom stereocenters. The molecule has 3 N–H and O–H groups in total. The number of aromatic amines is 1. The number of nitrogens with zero attached hydrogens (tertiary/aromatic N) is 3. The van der Waals surface area contributed by atoms with E-state index in [1.807, 2.05) is 19.1 Å². The number of halogens is 2. The molecule has 1 saturated heterocycles. The quantitative estimate of drug-likeness (QED) is 0.606. The molecular formula is C24H27F2N5O2. The predicted molar refractivity (Wildman–Crippen MR) is 121 cm³/mol. The molecule has 3 rings (SSSR count). The van der Waals surface area contributed by atoms with Crippen molar-refractivity contribution in [2.24, 2.45) is 11.1 Å². The summed E-state index contributed by atoms with van der Waals surface area (Å²) in [6.07, 6.45) is 7.01. The summed E-state index contributed by atoms with van der Waals surface area (Å²) in [6.45, 7) is 4.81. The van der Waals surface area contributed by atoms with Gasteiger partial charge in [-0.05, 0) is 57.0 Å². The normalized spacial score (nSPS) is 15.1. The maximum absolute atomic E-state index is 13.1. The predicted octanol–water partition coefficient (Wildman–Crippen LogP) is 4.28. The molecule has 33 heavy (non-hydrogen) atoms. The molecule has 2 aromatic rings. The monoisotopic (exact) mass is 455 g/mol. The van der Waals surface area contributed by atoms with Gasteiger partial charge in [0.05, 0.1) is 28.9 Å². The van der Waals surface area contributed by atoms with Crippen LogP contribution in [0.4, 0.5) is 8.78 Å². The second kappa shape index (κ2) is 9.55. The van der Waals surface area contributed by atoms with Gasteiger partial charge in [0.15, 0.2) is 0 Å². The number of hydrogen-bond acceptors (Lipinski definition) is 5. The maximum Gasteiger partial charge on any atom is 0.387 e. The summed E-state index contributed by atoms with van der Waals surface area (Å²) in [4.78, 5) is 21.8. The van der Waals surface area contributed by atoms with Crippen molar-refractivity contribution in [2.45, 2.75) is 40.3 Å². The Bertz CT molecular complexity index is 1140. The number of aromatic nitrogens is 2. The molecular weight excluding hydrogens is 428 g/mol. The molecule has 0 aliphatic carbocycles. The van der Waals surface area contributed by atoms with Gasteiger partial charge in [-0.3, -0.25) is 4.79 Å². The van der Waals surface area contributed by atoms with Crippen molar-refractivity contribution in [1.29, 1.82) is 5.26 Å². The van der Waals surface area contributed by atoms with Crippen molar-refractivity contribution < 1.29 is 18.3 Å². The van der Waals surface area contributed by atoms with Crippen molar-refractivity contribution in [2.75, 3.05) is 13.1 Å². The number of H-pyrrole nitrogens is 1. The molecule has 2 heterocycles. The van der Waals surface area contributed by atoms with E-state index in [-0.39, 0.29) is 23.3 Å². The molecule has 1 fully saturated rings. The number of nitrogens with two attached hydrogens (primary N) is 1. The lowest BCUT2D eigenvalue weighted by Crippen LogP contribution is -2.57. The molecule has 1 aliphatic heterocycles. The smallest absolute Gasteiger partial charge is 0.387 e. The molecule has 7 nitrogen and oxygen atoms in total. The third kappa shape index (κ3) is 5.29. The van der Waals surface area contributed by atoms with E-state index in [1.54, 1.807) is 39.1 Å². The Labute approximate surface area is 191 Å². The van der Waals surface area contributed by atoms with E-state index in [0.29, 0.717) is 35.7 Å². The molecule has 1 amide bonds. The number of benzene rings is 1. The number of carbonyl (C=O) groups is 1. The lowest BCUT2D eigenvalue weighted by molar-refractivity contribution is -0.0503. The summed E-state index contributed by atoms with van der Waals surface area (Å²) >= 11 is 0. The molecule has 0 spiro atoms. The van der Waals surface area contributed by atoms with Crippen molar-refractivity contribution in [3.8, 4) is 23.1 Å². The SMILES string of the molecule is C/C=C\C(=C/c1ncc(-c2cc(C)c(C(=O)N3CC(N)C3)c(OC(F)F)c2)[nH]1)C(C)(C)C#N. The van der Waals surface area contributed by atoms with E-state index < -0.39 is 12.0 Å². The average molecular weight is 456 g/mol. The summed E-state index contributed by atoms with van der Waals surface area (Å²) < 4.78 is 31.0. The molecule has 1 aromatic carbocycles. The van der Waals surface area contributed by atoms with Crippen LogP contribution in [0, 0.1) is 23.7 Å². The number of likely N-dealkylation sites (tertiary alicyclic amines) is 1. The van der Waals surface area contributed by atoms with E-state index in [9.17, 15) is 18.8 Å². The first-order chi connectivity index (χ1) is 15.6. The van der Waals surface area contributed by atoms with Crippen LogP contribution in [0.25, 0.3) is 17.3 Å². The molecule has 0 saturated carbocycles. The standard InChI is InChI=1S/C24H27F2N5O2/c1-5-6-16(24(3,4)13-27)9-20-29-10-18(30-20)15-7-14(2)21(19(8-15)33-23(25)26)22(32)31-11-17(28)12-31/h5-10,17,23H,11-12,28H2,1-4H3,(H,29,30)/b6-5-,16-9+. The third-order valence-corrected chi connectivity index (χ3v) is 5.47. The van der Waals surface area contributed by atoms with Crippen molar-refractivity contribution >= 4 is 12.0 Å². The van der Waals surface area contributed by atoms with Crippen LogP contribution in [0.1, 0.15) is 42.5 Å². The van der Waals surface area contributed by atoms with Crippen LogP contribution in [0.15, 0.2) is 36.1 Å². The highest BCUT2D eigenvalue weighted by Gasteiger charge is 2.32. The maximum atomic E-state index is 13.1. The molecule has 0 radical (unpaired) electrons. The van der Waals surface area contributed by atoms with Gasteiger partial charge in [0.1, 0.15) is 11.6 Å². The van der Waals surface area contributed by atoms with E-state index in [1.165, 1.54) is 11.0 Å². The van der Waals surface area contributed by atoms with Crippen LogP contribution in [-0.4, -0.2) is 46.5 Å². The first-order valence-electron chi connectivity index (χ1n) is 10.5. The average Bonchev–Trinajstić information content (AvgIpc) is 3.18. The Kier molecular flexibility index (Phi) is 6.98. The van der Waals surface area contributed by atoms with Crippen LogP contribution in [-0.2, 0) is 0 Å². The number of ether oxygens (including phenoxy) is 1. The minimum Gasteiger partial charge on any atom is -0.434 e. The number of aryl methyl sites for hydroxylation is 1. The summed E-state index contributed by atoms with van der Waals surface area (Å²) in [7, 11) is 0. The van der Waals surface area contributed by atoms with Gasteiger partial charge in [0.2, 0.25) is 0 Å². The summed E-state index contributed by atoms with van der Waals surface area (Å²) in [5.74, 6) is -0.0816. The Balaban J connectivity index is 2.00. The molecule has 1 aromatic heterocycles. The van der Waals surface area contributed by atoms with E-state index >= 15 is 0 Å². The molecule has 0 unspecified atom stereocenters. The number of hydrogen-bond donors (Lipinski definition) is 2. The number of imidazole rings is 1. The van der Waals surface area contributed by atoms with Gasteiger partial charge in [-0.15, -0.1) is 0 Å². The van der Waals surface area contributed by atoms with Crippen LogP contribution in [0.5, 0.6) is 5.75 Å². The summed E-state index contributed by atoms with van der Waals surface area (Å²) in [6, 6.07) is 5.28. The lowest BCUT2D eigenvalue weighted by Gasteiger charge is -2.37. The van der Waals surface area contributed by atoms with Gasteiger partial charge < -0.3 is 20.4 Å². The number of amides is 1. The van der Waals surface area contributed by atoms with E-state index in [2.05, 4.69) is 16.0 Å². The summed E-state index contributed by atoms with van der Waals surface area (Å²) in [5.41, 5.74) is 7.48. The lowest BCUT2D eigenvalue weighted by atomic mass is 9.85. The van der Waals surface area contributed by atoms with Crippen molar-refractivity contribution in [3.05, 3.63) is 53.0 Å². The van der Waals surface area contributed by atoms with Gasteiger partial charge in [-0.25, -0.2) is 4.98 Å². The van der Waals surface area contributed by atoms with Crippen LogP contribution in [0.3, 0.4) is 0 Å². The molecule has 9 heteroatoms. The number of alkyl halides is 2. The fraction of sp³-hybridized carbons (Fsp3) is 0.375. The van der Waals surface area contributed by atoms with Crippen LogP contribution < -0.4 is 10.5 Å². The zero-order valence-electron chi connectivity index (χ0n) is 19.0. The minimum atomic E-state index is -3.08. The van der Waals surface area contributed by atoms with E-state index in [4.69, 9.17) is 10.5 Å². The first kappa shape index (κ1) is 24.1. The Morgan fingerprint density at radius 3 is 2.70 bits per heavy atom. The first-order valence-corrected chi connectivity index (χ1v) is 10.5. The second-order valence-corrected chi connectivity index (χ2v) is 8.53. The second-order valence-electron chi connectivity index (χ2n) is 8.53. The minimum absolute atomic E-state index is 0.0942. The van der Waals surface area contributed by atoms with Gasteiger partial charge >= 0.3 is 6.61 Å². The number of nitrogens with one attached hydrogen (secondary N) is 1. The van der Waals surface area contributed by atoms with Crippen LogP contribution >= 0.6 is 0 Å². The Hall–Kier alpha value is -3.51. The van der Waals surface area contributed by atoms with Gasteiger partial charge in [0, 0.05) is 24.7 Å². The van der Waals surface area contributed by atoms with Crippen molar-refractivity contribution in [1.82, 2.24) is 14.9 Å². The Morgan fingerprint density at radius 2 is 2.12 bits per heavy atom. The highest BCUT2D eigenvalue weighted by Crippen LogP contribution is 2.33. The van der Waals surface area contributed by atoms with Crippen molar-refractivity contribution in [3.63, 3.8) is 0 Å². The highest BCUT2D eigenvalue weighted by molar-refractivity contribution is 5.99. The number of nitriles is 1. The number of rotatable bonds is 7. The topological polar surface area (TPSA) is 108 Å². The fourth-order valence-corrected chi connectivity index (χ4v) is 3.59. The number of carbonyl (C=O) groups excluding carboxylic acids is 1. The van der Waals surface area contributed by atoms with E-state index in [0.717, 1.165) is 5.57 Å². The van der Waals surface area contributed by atoms with Gasteiger partial charge in [0.25, 0.3) is 5.91 Å². The third-order valence-electron chi connectivity index (χ3n) is 5.47. The summed E-state index contributed by atoms with van der Waals surface area (Å²) in [5, 5.41) is 9.46. The molecule has 0 bridgehead atoms. The fourth-order valence-electron chi connectivity index (χ4n) is 3.59. The zero-order valence-corrected chi connectivity index (χ0v) is 19.0. The largest absolute Gasteiger partial charge is 0.434 e. The zero-order chi connectivity index (χ0) is 24.3. The Morgan fingerprint density at radius 1 is 1.42 bits per heavy atom. The number of allylic oxidation sites excluding steroid dienone is 3.